The molecule has 0 saturated carbocycles. The lowest BCUT2D eigenvalue weighted by atomic mass is 10.2. The van der Waals surface area contributed by atoms with E-state index in [4.69, 9.17) is 0 Å². The lowest BCUT2D eigenvalue weighted by molar-refractivity contribution is 0.579. The molecule has 2 heterocycles. The van der Waals surface area contributed by atoms with E-state index < -0.39 is 0 Å². The molecule has 0 radical (unpaired) electrons. The molecule has 13 heavy (non-hydrogen) atoms. The molecule has 72 valence electrons. The second-order valence-electron chi connectivity index (χ2n) is 3.41. The number of hydrogen-bond donors (Lipinski definition) is 2. The second-order valence-corrected chi connectivity index (χ2v) is 4.56. The topological polar surface area (TPSA) is 40.7 Å². The van der Waals surface area contributed by atoms with Crippen LogP contribution in [0.2, 0.25) is 0 Å². The molecule has 1 aromatic heterocycles. The number of aromatic amines is 1. The Labute approximate surface area is 82.7 Å². The van der Waals surface area contributed by atoms with Crippen molar-refractivity contribution >= 4 is 11.8 Å². The predicted molar refractivity (Wildman–Crippen MR) is 56.1 cm³/mol. The van der Waals surface area contributed by atoms with Gasteiger partial charge in [0.25, 0.3) is 0 Å². The molecule has 2 rings (SSSR count). The summed E-state index contributed by atoms with van der Waals surface area (Å²) < 4.78 is 0. The Balaban J connectivity index is 2.18. The van der Waals surface area contributed by atoms with Crippen molar-refractivity contribution in [2.45, 2.75) is 19.9 Å². The van der Waals surface area contributed by atoms with Crippen LogP contribution in [-0.2, 0) is 0 Å². The van der Waals surface area contributed by atoms with Crippen LogP contribution in [0.3, 0.4) is 0 Å². The first-order valence-corrected chi connectivity index (χ1v) is 5.77. The van der Waals surface area contributed by atoms with Gasteiger partial charge < -0.3 is 10.3 Å². The first-order valence-electron chi connectivity index (χ1n) is 4.61. The number of thioether (sulfide) groups is 1. The number of imidazole rings is 1. The Hall–Kier alpha value is -0.480. The summed E-state index contributed by atoms with van der Waals surface area (Å²) >= 11 is 2.00. The molecular formula is C9H15N3S. The average molecular weight is 197 g/mol. The van der Waals surface area contributed by atoms with Gasteiger partial charge in [-0.1, -0.05) is 0 Å². The summed E-state index contributed by atoms with van der Waals surface area (Å²) in [5.74, 6) is 3.38. The van der Waals surface area contributed by atoms with Crippen molar-refractivity contribution in [2.75, 3.05) is 18.1 Å². The normalized spacial score (nSPS) is 23.4. The molecule has 1 aliphatic rings. The number of nitrogens with one attached hydrogen (secondary N) is 2. The van der Waals surface area contributed by atoms with Crippen LogP contribution in [-0.4, -0.2) is 28.0 Å². The number of rotatable bonds is 1. The largest absolute Gasteiger partial charge is 0.346 e. The van der Waals surface area contributed by atoms with Crippen molar-refractivity contribution < 1.29 is 0 Å². The maximum Gasteiger partial charge on any atom is 0.103 e. The second kappa shape index (κ2) is 3.72. The highest BCUT2D eigenvalue weighted by atomic mass is 32.2. The number of H-pyrrole nitrogens is 1. The summed E-state index contributed by atoms with van der Waals surface area (Å²) in [4.78, 5) is 7.75. The number of aryl methyl sites for hydroxylation is 2. The Morgan fingerprint density at radius 2 is 2.31 bits per heavy atom. The standard InChI is InChI=1S/C9H15N3S/c1-6-9(12-7(2)11-6)8-5-13-4-3-10-8/h8,10H,3-5H2,1-2H3,(H,11,12). The fourth-order valence-corrected chi connectivity index (χ4v) is 2.65. The lowest BCUT2D eigenvalue weighted by Crippen LogP contribution is -2.30. The van der Waals surface area contributed by atoms with E-state index in [0.29, 0.717) is 6.04 Å². The van der Waals surface area contributed by atoms with Gasteiger partial charge in [0.15, 0.2) is 0 Å². The van der Waals surface area contributed by atoms with Crippen molar-refractivity contribution in [3.05, 3.63) is 17.2 Å². The van der Waals surface area contributed by atoms with Crippen LogP contribution in [0.1, 0.15) is 23.3 Å². The summed E-state index contributed by atoms with van der Waals surface area (Å²) in [7, 11) is 0. The van der Waals surface area contributed by atoms with Gasteiger partial charge in [-0.15, -0.1) is 0 Å². The Bertz CT molecular complexity index is 289. The highest BCUT2D eigenvalue weighted by Crippen LogP contribution is 2.22. The van der Waals surface area contributed by atoms with Gasteiger partial charge in [0.1, 0.15) is 5.82 Å². The van der Waals surface area contributed by atoms with Crippen LogP contribution in [0.25, 0.3) is 0 Å². The molecular weight excluding hydrogens is 182 g/mol. The van der Waals surface area contributed by atoms with Crippen molar-refractivity contribution in [1.29, 1.82) is 0 Å². The van der Waals surface area contributed by atoms with Crippen LogP contribution in [0.5, 0.6) is 0 Å². The minimum atomic E-state index is 0.448. The lowest BCUT2D eigenvalue weighted by Gasteiger charge is -2.21. The van der Waals surface area contributed by atoms with Crippen LogP contribution in [0.15, 0.2) is 0 Å². The van der Waals surface area contributed by atoms with Gasteiger partial charge in [-0.05, 0) is 13.8 Å². The van der Waals surface area contributed by atoms with Gasteiger partial charge >= 0.3 is 0 Å². The van der Waals surface area contributed by atoms with Crippen molar-refractivity contribution in [2.24, 2.45) is 0 Å². The van der Waals surface area contributed by atoms with Crippen LogP contribution in [0, 0.1) is 13.8 Å². The third-order valence-electron chi connectivity index (χ3n) is 2.29. The van der Waals surface area contributed by atoms with E-state index in [1.54, 1.807) is 0 Å². The summed E-state index contributed by atoms with van der Waals surface area (Å²) in [6.45, 7) is 5.20. The molecule has 3 nitrogen and oxygen atoms in total. The van der Waals surface area contributed by atoms with E-state index >= 15 is 0 Å². The monoisotopic (exact) mass is 197 g/mol. The molecule has 0 spiro atoms. The average Bonchev–Trinajstić information content (AvgIpc) is 2.47. The third kappa shape index (κ3) is 1.89. The molecule has 0 bridgehead atoms. The zero-order chi connectivity index (χ0) is 9.26. The number of nitrogens with zero attached hydrogens (tertiary/aromatic N) is 1. The zero-order valence-electron chi connectivity index (χ0n) is 8.05. The number of hydrogen-bond acceptors (Lipinski definition) is 3. The van der Waals surface area contributed by atoms with E-state index in [-0.39, 0.29) is 0 Å². The number of aromatic nitrogens is 2. The maximum absolute atomic E-state index is 4.50. The van der Waals surface area contributed by atoms with Gasteiger partial charge in [-0.3, -0.25) is 0 Å². The Morgan fingerprint density at radius 1 is 1.46 bits per heavy atom. The molecule has 1 fully saturated rings. The molecule has 1 atom stereocenters. The summed E-state index contributed by atoms with van der Waals surface area (Å²) in [5.41, 5.74) is 2.40. The van der Waals surface area contributed by atoms with Gasteiger partial charge in [0.05, 0.1) is 11.7 Å². The Kier molecular flexibility index (Phi) is 2.60. The van der Waals surface area contributed by atoms with Gasteiger partial charge in [-0.2, -0.15) is 11.8 Å². The fraction of sp³-hybridized carbons (Fsp3) is 0.667. The molecule has 1 unspecified atom stereocenters. The van der Waals surface area contributed by atoms with E-state index in [1.807, 2.05) is 18.7 Å². The minimum Gasteiger partial charge on any atom is -0.346 e. The molecule has 1 aliphatic heterocycles. The van der Waals surface area contributed by atoms with Crippen molar-refractivity contribution in [3.8, 4) is 0 Å². The van der Waals surface area contributed by atoms with Crippen molar-refractivity contribution in [1.82, 2.24) is 15.3 Å². The first kappa shape index (κ1) is 9.09. The molecule has 0 amide bonds. The maximum atomic E-state index is 4.50. The van der Waals surface area contributed by atoms with E-state index in [1.165, 1.54) is 17.1 Å². The molecule has 0 aromatic carbocycles. The van der Waals surface area contributed by atoms with Crippen molar-refractivity contribution in [3.63, 3.8) is 0 Å². The van der Waals surface area contributed by atoms with E-state index in [2.05, 4.69) is 22.2 Å². The summed E-state index contributed by atoms with van der Waals surface area (Å²) in [5, 5.41) is 3.49. The summed E-state index contributed by atoms with van der Waals surface area (Å²) in [6, 6.07) is 0.448. The molecule has 4 heteroatoms. The third-order valence-corrected chi connectivity index (χ3v) is 3.35. The predicted octanol–water partition coefficient (Wildman–Crippen LogP) is 1.40. The fourth-order valence-electron chi connectivity index (χ4n) is 1.71. The first-order chi connectivity index (χ1) is 6.27. The smallest absolute Gasteiger partial charge is 0.103 e. The zero-order valence-corrected chi connectivity index (χ0v) is 8.87. The van der Waals surface area contributed by atoms with Gasteiger partial charge in [-0.25, -0.2) is 4.98 Å². The highest BCUT2D eigenvalue weighted by Gasteiger charge is 2.19. The highest BCUT2D eigenvalue weighted by molar-refractivity contribution is 7.99. The molecule has 1 saturated heterocycles. The van der Waals surface area contributed by atoms with E-state index in [9.17, 15) is 0 Å². The van der Waals surface area contributed by atoms with Gasteiger partial charge in [0.2, 0.25) is 0 Å². The molecule has 1 aromatic rings. The minimum absolute atomic E-state index is 0.448. The van der Waals surface area contributed by atoms with Crippen LogP contribution < -0.4 is 5.32 Å². The van der Waals surface area contributed by atoms with Crippen LogP contribution in [0.4, 0.5) is 0 Å². The Morgan fingerprint density at radius 3 is 2.85 bits per heavy atom. The van der Waals surface area contributed by atoms with Crippen LogP contribution >= 0.6 is 11.8 Å². The quantitative estimate of drug-likeness (QED) is 0.715. The summed E-state index contributed by atoms with van der Waals surface area (Å²) in [6.07, 6.45) is 0. The molecule has 0 aliphatic carbocycles. The SMILES string of the molecule is Cc1nc(C2CSCCN2)c(C)[nH]1. The van der Waals surface area contributed by atoms with Gasteiger partial charge in [0, 0.05) is 23.7 Å². The molecule has 2 N–H and O–H groups in total. The van der Waals surface area contributed by atoms with E-state index in [0.717, 1.165) is 18.1 Å².